The van der Waals surface area contributed by atoms with Crippen molar-refractivity contribution in [3.8, 4) is 16.9 Å². The van der Waals surface area contributed by atoms with Crippen LogP contribution in [0.5, 0.6) is 5.75 Å². The molecular weight excluding hydrogens is 366 g/mol. The number of ether oxygens (including phenoxy) is 1. The van der Waals surface area contributed by atoms with Gasteiger partial charge in [0.25, 0.3) is 0 Å². The molecule has 0 bridgehead atoms. The maximum Gasteiger partial charge on any atom is 0.118 e. The van der Waals surface area contributed by atoms with Gasteiger partial charge in [0.1, 0.15) is 5.75 Å². The van der Waals surface area contributed by atoms with E-state index in [0.717, 1.165) is 17.9 Å². The fraction of sp³-hybridized carbons (Fsp3) is 0.214. The second-order valence-electron chi connectivity index (χ2n) is 8.18. The molecule has 1 aliphatic carbocycles. The van der Waals surface area contributed by atoms with Gasteiger partial charge in [0.05, 0.1) is 7.11 Å². The van der Waals surface area contributed by atoms with E-state index in [1.807, 2.05) is 18.2 Å². The minimum absolute atomic E-state index is 0.441. The van der Waals surface area contributed by atoms with Crippen LogP contribution in [0, 0.1) is 5.92 Å². The molecule has 2 atom stereocenters. The van der Waals surface area contributed by atoms with E-state index in [9.17, 15) is 0 Å². The lowest BCUT2D eigenvalue weighted by atomic mass is 9.82. The first-order valence-corrected chi connectivity index (χ1v) is 10.6. The lowest BCUT2D eigenvalue weighted by molar-refractivity contribution is 0.415. The Kier molecular flexibility index (Phi) is 5.76. The number of rotatable bonds is 4. The van der Waals surface area contributed by atoms with Gasteiger partial charge in [-0.05, 0) is 70.3 Å². The van der Waals surface area contributed by atoms with E-state index < -0.39 is 0 Å². The predicted molar refractivity (Wildman–Crippen MR) is 127 cm³/mol. The molecule has 0 aromatic heterocycles. The zero-order valence-corrected chi connectivity index (χ0v) is 17.9. The lowest BCUT2D eigenvalue weighted by Crippen LogP contribution is -2.11. The van der Waals surface area contributed by atoms with E-state index in [2.05, 4.69) is 80.6 Å². The Hall–Kier alpha value is -3.26. The van der Waals surface area contributed by atoms with E-state index in [1.165, 1.54) is 33.4 Å². The average molecular weight is 396 g/mol. The van der Waals surface area contributed by atoms with E-state index in [-0.39, 0.29) is 0 Å². The van der Waals surface area contributed by atoms with Crippen LogP contribution in [-0.4, -0.2) is 7.11 Å². The Bertz CT molecular complexity index is 1090. The van der Waals surface area contributed by atoms with Crippen molar-refractivity contribution < 1.29 is 4.74 Å². The van der Waals surface area contributed by atoms with Crippen LogP contribution < -0.4 is 10.5 Å². The van der Waals surface area contributed by atoms with Gasteiger partial charge < -0.3 is 10.5 Å². The molecule has 0 amide bonds. The number of allylic oxidation sites excluding steroid dienone is 3. The first-order chi connectivity index (χ1) is 14.5. The Balaban J connectivity index is 1.63. The molecule has 0 fully saturated rings. The average Bonchev–Trinajstić information content (AvgIpc) is 2.78. The van der Waals surface area contributed by atoms with Gasteiger partial charge >= 0.3 is 0 Å². The van der Waals surface area contributed by atoms with Gasteiger partial charge in [0, 0.05) is 11.3 Å². The Morgan fingerprint density at radius 2 is 1.63 bits per heavy atom. The number of fused-ring (bicyclic) bond motifs is 1. The Morgan fingerprint density at radius 1 is 0.867 bits per heavy atom. The second kappa shape index (κ2) is 8.62. The molecule has 3 aromatic carbocycles. The van der Waals surface area contributed by atoms with Gasteiger partial charge in [-0.2, -0.15) is 0 Å². The number of hydrogen-bond donors (Lipinski definition) is 1. The lowest BCUT2D eigenvalue weighted by Gasteiger charge is -2.23. The minimum atomic E-state index is 0.441. The summed E-state index contributed by atoms with van der Waals surface area (Å²) in [6.45, 7) is 4.54. The van der Waals surface area contributed by atoms with Crippen molar-refractivity contribution in [1.82, 2.24) is 0 Å². The topological polar surface area (TPSA) is 35.2 Å². The molecule has 0 saturated heterocycles. The number of nitrogens with two attached hydrogens (primary N) is 1. The van der Waals surface area contributed by atoms with Crippen molar-refractivity contribution in [3.63, 3.8) is 0 Å². The Labute approximate surface area is 179 Å². The molecule has 2 nitrogen and oxygen atoms in total. The maximum atomic E-state index is 6.41. The molecule has 0 heterocycles. The number of methoxy groups -OCH3 is 1. The SMILES string of the molecule is COc1ccc(-c2cccc(Cc3ccc4c(c3)/C(N)=C/C=C\C(C)C4C)c2)cc1. The van der Waals surface area contributed by atoms with Crippen LogP contribution in [0.15, 0.2) is 85.0 Å². The molecule has 2 N–H and O–H groups in total. The third-order valence-electron chi connectivity index (χ3n) is 6.16. The highest BCUT2D eigenvalue weighted by Crippen LogP contribution is 2.33. The van der Waals surface area contributed by atoms with Crippen LogP contribution in [0.1, 0.15) is 42.0 Å². The standard InChI is InChI=1S/C28H29NO/c1-19-6-4-9-28(29)27-18-22(10-15-26(27)20(19)2)16-21-7-5-8-24(17-21)23-11-13-25(30-3)14-12-23/h4-15,17-20H,16,29H2,1-3H3/b6-4-,28-9-. The van der Waals surface area contributed by atoms with Crippen LogP contribution in [0.3, 0.4) is 0 Å². The molecule has 30 heavy (non-hydrogen) atoms. The first kappa shape index (κ1) is 20.0. The molecule has 0 radical (unpaired) electrons. The summed E-state index contributed by atoms with van der Waals surface area (Å²) in [5.74, 6) is 1.80. The predicted octanol–water partition coefficient (Wildman–Crippen LogP) is 6.56. The number of hydrogen-bond acceptors (Lipinski definition) is 2. The highest BCUT2D eigenvalue weighted by Gasteiger charge is 2.18. The van der Waals surface area contributed by atoms with Crippen molar-refractivity contribution in [1.29, 1.82) is 0 Å². The van der Waals surface area contributed by atoms with E-state index in [1.54, 1.807) is 7.11 Å². The zero-order chi connectivity index (χ0) is 21.1. The van der Waals surface area contributed by atoms with Crippen LogP contribution in [-0.2, 0) is 6.42 Å². The molecule has 2 heteroatoms. The summed E-state index contributed by atoms with van der Waals surface area (Å²) >= 11 is 0. The van der Waals surface area contributed by atoms with Crippen molar-refractivity contribution in [2.45, 2.75) is 26.2 Å². The van der Waals surface area contributed by atoms with Crippen molar-refractivity contribution in [3.05, 3.63) is 107 Å². The molecule has 0 spiro atoms. The smallest absolute Gasteiger partial charge is 0.118 e. The van der Waals surface area contributed by atoms with Gasteiger partial charge in [0.15, 0.2) is 0 Å². The molecule has 0 aliphatic heterocycles. The quantitative estimate of drug-likeness (QED) is 0.543. The highest BCUT2D eigenvalue weighted by molar-refractivity contribution is 5.69. The van der Waals surface area contributed by atoms with E-state index in [4.69, 9.17) is 10.5 Å². The molecule has 4 rings (SSSR count). The summed E-state index contributed by atoms with van der Waals surface area (Å²) in [6.07, 6.45) is 7.23. The van der Waals surface area contributed by atoms with Gasteiger partial charge in [0.2, 0.25) is 0 Å². The maximum absolute atomic E-state index is 6.41. The summed E-state index contributed by atoms with van der Waals surface area (Å²) in [5.41, 5.74) is 14.7. The second-order valence-corrected chi connectivity index (χ2v) is 8.18. The van der Waals surface area contributed by atoms with Crippen LogP contribution in [0.25, 0.3) is 16.8 Å². The van der Waals surface area contributed by atoms with Gasteiger partial charge in [-0.25, -0.2) is 0 Å². The molecule has 1 aliphatic rings. The van der Waals surface area contributed by atoms with Crippen molar-refractivity contribution >= 4 is 5.70 Å². The summed E-state index contributed by atoms with van der Waals surface area (Å²) in [5, 5.41) is 0. The third kappa shape index (κ3) is 4.18. The highest BCUT2D eigenvalue weighted by atomic mass is 16.5. The molecule has 2 unspecified atom stereocenters. The van der Waals surface area contributed by atoms with Crippen molar-refractivity contribution in [2.75, 3.05) is 7.11 Å². The number of benzene rings is 3. The normalized spacial score (nSPS) is 21.0. The Morgan fingerprint density at radius 3 is 2.40 bits per heavy atom. The fourth-order valence-corrected chi connectivity index (χ4v) is 4.11. The summed E-state index contributed by atoms with van der Waals surface area (Å²) < 4.78 is 5.27. The van der Waals surface area contributed by atoms with E-state index in [0.29, 0.717) is 11.8 Å². The largest absolute Gasteiger partial charge is 0.497 e. The first-order valence-electron chi connectivity index (χ1n) is 10.6. The van der Waals surface area contributed by atoms with Gasteiger partial charge in [-0.1, -0.05) is 74.5 Å². The van der Waals surface area contributed by atoms with Gasteiger partial charge in [-0.3, -0.25) is 0 Å². The fourth-order valence-electron chi connectivity index (χ4n) is 4.11. The van der Waals surface area contributed by atoms with Crippen molar-refractivity contribution in [2.24, 2.45) is 11.7 Å². The van der Waals surface area contributed by atoms with Crippen LogP contribution >= 0.6 is 0 Å². The monoisotopic (exact) mass is 395 g/mol. The molecule has 152 valence electrons. The zero-order valence-electron chi connectivity index (χ0n) is 17.9. The molecular formula is C28H29NO. The van der Waals surface area contributed by atoms with Crippen LogP contribution in [0.4, 0.5) is 0 Å². The minimum Gasteiger partial charge on any atom is -0.497 e. The van der Waals surface area contributed by atoms with E-state index >= 15 is 0 Å². The summed E-state index contributed by atoms with van der Waals surface area (Å²) in [4.78, 5) is 0. The summed E-state index contributed by atoms with van der Waals surface area (Å²) in [6, 6.07) is 23.7. The molecule has 3 aromatic rings. The third-order valence-corrected chi connectivity index (χ3v) is 6.16. The molecule has 0 saturated carbocycles. The van der Waals surface area contributed by atoms with Crippen LogP contribution in [0.2, 0.25) is 0 Å². The summed E-state index contributed by atoms with van der Waals surface area (Å²) in [7, 11) is 1.69. The van der Waals surface area contributed by atoms with Gasteiger partial charge in [-0.15, -0.1) is 0 Å².